The summed E-state index contributed by atoms with van der Waals surface area (Å²) in [7, 11) is 1.61. The second-order valence-electron chi connectivity index (χ2n) is 5.85. The van der Waals surface area contributed by atoms with Gasteiger partial charge in [0.2, 0.25) is 5.78 Å². The number of ether oxygens (including phenoxy) is 1. The molecule has 3 aromatic rings. The Bertz CT molecular complexity index is 903. The van der Waals surface area contributed by atoms with E-state index in [4.69, 9.17) is 4.74 Å². The first-order valence-corrected chi connectivity index (χ1v) is 8.57. The highest BCUT2D eigenvalue weighted by Gasteiger charge is 2.18. The van der Waals surface area contributed by atoms with E-state index >= 15 is 0 Å². The third-order valence-corrected chi connectivity index (χ3v) is 4.16. The van der Waals surface area contributed by atoms with Crippen molar-refractivity contribution >= 4 is 12.0 Å². The SMILES string of the molecule is CCc1n(CC(=O)c2ccc(OC)cc2)cc[n+]1/N=C/c1ccccc1.[Br-]. The first kappa shape index (κ1) is 20.6. The number of Topliss-reactive ketones (excluding diaryl/α,β-unsaturated/α-hetero) is 1. The predicted molar refractivity (Wildman–Crippen MR) is 101 cm³/mol. The fourth-order valence-electron chi connectivity index (χ4n) is 2.75. The van der Waals surface area contributed by atoms with Crippen LogP contribution < -0.4 is 26.4 Å². The van der Waals surface area contributed by atoms with Crippen molar-refractivity contribution in [1.82, 2.24) is 4.57 Å². The molecule has 0 aliphatic heterocycles. The number of aromatic nitrogens is 2. The summed E-state index contributed by atoms with van der Waals surface area (Å²) in [4.78, 5) is 12.6. The maximum Gasteiger partial charge on any atom is 0.282 e. The second kappa shape index (κ2) is 9.83. The molecule has 0 amide bonds. The Morgan fingerprint density at radius 2 is 1.85 bits per heavy atom. The van der Waals surface area contributed by atoms with E-state index in [9.17, 15) is 4.79 Å². The Balaban J connectivity index is 0.00000261. The number of hydrogen-bond acceptors (Lipinski definition) is 3. The van der Waals surface area contributed by atoms with Crippen LogP contribution in [0.3, 0.4) is 0 Å². The van der Waals surface area contributed by atoms with Crippen LogP contribution in [0.2, 0.25) is 0 Å². The number of ketones is 1. The van der Waals surface area contributed by atoms with E-state index in [2.05, 4.69) is 12.0 Å². The zero-order valence-corrected chi connectivity index (χ0v) is 17.0. The van der Waals surface area contributed by atoms with Gasteiger partial charge in [0.25, 0.3) is 5.82 Å². The summed E-state index contributed by atoms with van der Waals surface area (Å²) in [5.74, 6) is 1.76. The van der Waals surface area contributed by atoms with Gasteiger partial charge in [-0.2, -0.15) is 0 Å². The zero-order valence-electron chi connectivity index (χ0n) is 15.4. The molecule has 0 fully saturated rings. The van der Waals surface area contributed by atoms with Gasteiger partial charge in [-0.1, -0.05) is 42.4 Å². The molecule has 0 atom stereocenters. The van der Waals surface area contributed by atoms with E-state index in [1.54, 1.807) is 31.4 Å². The van der Waals surface area contributed by atoms with Crippen LogP contribution in [0.15, 0.2) is 72.1 Å². The van der Waals surface area contributed by atoms with Crippen LogP contribution in [0.25, 0.3) is 0 Å². The van der Waals surface area contributed by atoms with E-state index in [1.165, 1.54) is 0 Å². The topological polar surface area (TPSA) is 47.5 Å². The number of methoxy groups -OCH3 is 1. The number of imidazole rings is 1. The summed E-state index contributed by atoms with van der Waals surface area (Å²) < 4.78 is 8.89. The molecule has 1 heterocycles. The monoisotopic (exact) mass is 427 g/mol. The van der Waals surface area contributed by atoms with Gasteiger partial charge >= 0.3 is 0 Å². The van der Waals surface area contributed by atoms with Gasteiger partial charge in [0, 0.05) is 12.0 Å². The van der Waals surface area contributed by atoms with Crippen LogP contribution in [0.5, 0.6) is 5.75 Å². The molecule has 27 heavy (non-hydrogen) atoms. The lowest BCUT2D eigenvalue weighted by Gasteiger charge is -2.03. The van der Waals surface area contributed by atoms with Crippen molar-refractivity contribution < 1.29 is 31.2 Å². The van der Waals surface area contributed by atoms with E-state index < -0.39 is 0 Å². The maximum absolute atomic E-state index is 12.6. The lowest BCUT2D eigenvalue weighted by Crippen LogP contribution is -3.00. The molecule has 0 bridgehead atoms. The summed E-state index contributed by atoms with van der Waals surface area (Å²) in [6, 6.07) is 17.1. The third-order valence-electron chi connectivity index (χ3n) is 4.16. The minimum Gasteiger partial charge on any atom is -1.00 e. The summed E-state index contributed by atoms with van der Waals surface area (Å²) >= 11 is 0. The van der Waals surface area contributed by atoms with Crippen molar-refractivity contribution in [2.45, 2.75) is 19.9 Å². The number of halogens is 1. The molecule has 5 nitrogen and oxygen atoms in total. The van der Waals surface area contributed by atoms with Gasteiger partial charge in [-0.25, -0.2) is 4.57 Å². The number of carbonyl (C=O) groups is 1. The summed E-state index contributed by atoms with van der Waals surface area (Å²) in [5.41, 5.74) is 1.70. The van der Waals surface area contributed by atoms with Gasteiger partial charge in [-0.15, -0.1) is 4.68 Å². The number of nitrogens with zero attached hydrogens (tertiary/aromatic N) is 3. The lowest BCUT2D eigenvalue weighted by atomic mass is 10.1. The van der Waals surface area contributed by atoms with Crippen molar-refractivity contribution in [1.29, 1.82) is 0 Å². The minimum atomic E-state index is 0. The van der Waals surface area contributed by atoms with Crippen LogP contribution in [0.1, 0.15) is 28.7 Å². The van der Waals surface area contributed by atoms with Crippen LogP contribution in [0, 0.1) is 0 Å². The average Bonchev–Trinajstić information content (AvgIpc) is 3.08. The Hall–Kier alpha value is -2.73. The quantitative estimate of drug-likeness (QED) is 0.305. The van der Waals surface area contributed by atoms with E-state index in [1.807, 2.05) is 58.2 Å². The average molecular weight is 428 g/mol. The Morgan fingerprint density at radius 3 is 2.48 bits per heavy atom. The Morgan fingerprint density at radius 1 is 1.15 bits per heavy atom. The molecule has 3 rings (SSSR count). The fraction of sp³-hybridized carbons (Fsp3) is 0.190. The highest BCUT2D eigenvalue weighted by molar-refractivity contribution is 5.96. The Labute approximate surface area is 169 Å². The molecule has 0 saturated carbocycles. The predicted octanol–water partition coefficient (Wildman–Crippen LogP) is 0.116. The van der Waals surface area contributed by atoms with Gasteiger partial charge in [-0.3, -0.25) is 4.79 Å². The van der Waals surface area contributed by atoms with Gasteiger partial charge in [0.05, 0.1) is 13.3 Å². The molecule has 0 aliphatic rings. The molecule has 0 saturated heterocycles. The van der Waals surface area contributed by atoms with Crippen molar-refractivity contribution in [2.24, 2.45) is 5.10 Å². The molecular formula is C21H22BrN3O2. The zero-order chi connectivity index (χ0) is 18.4. The van der Waals surface area contributed by atoms with Crippen LogP contribution in [-0.4, -0.2) is 23.7 Å². The number of benzene rings is 2. The van der Waals surface area contributed by atoms with Gasteiger partial charge in [0.1, 0.15) is 11.9 Å². The molecular weight excluding hydrogens is 406 g/mol. The molecule has 0 spiro atoms. The molecule has 2 aromatic carbocycles. The normalized spacial score (nSPS) is 10.6. The molecule has 6 heteroatoms. The molecule has 0 aliphatic carbocycles. The van der Waals surface area contributed by atoms with Crippen molar-refractivity contribution in [3.8, 4) is 5.75 Å². The van der Waals surface area contributed by atoms with Gasteiger partial charge in [-0.05, 0) is 29.8 Å². The molecule has 140 valence electrons. The summed E-state index contributed by atoms with van der Waals surface area (Å²) in [5, 5.41) is 4.51. The number of carbonyl (C=O) groups excluding carboxylic acids is 1. The first-order valence-electron chi connectivity index (χ1n) is 8.57. The highest BCUT2D eigenvalue weighted by atomic mass is 79.9. The van der Waals surface area contributed by atoms with Crippen molar-refractivity contribution in [3.05, 3.63) is 83.9 Å². The van der Waals surface area contributed by atoms with Crippen LogP contribution in [-0.2, 0) is 13.0 Å². The smallest absolute Gasteiger partial charge is 0.282 e. The van der Waals surface area contributed by atoms with Crippen LogP contribution in [0.4, 0.5) is 0 Å². The Kier molecular flexibility index (Phi) is 7.49. The molecule has 0 radical (unpaired) electrons. The largest absolute Gasteiger partial charge is 1.00 e. The second-order valence-corrected chi connectivity index (χ2v) is 5.85. The number of hydrogen-bond donors (Lipinski definition) is 0. The highest BCUT2D eigenvalue weighted by Crippen LogP contribution is 2.12. The number of rotatable bonds is 7. The van der Waals surface area contributed by atoms with Crippen molar-refractivity contribution in [2.75, 3.05) is 7.11 Å². The molecule has 0 N–H and O–H groups in total. The van der Waals surface area contributed by atoms with Crippen LogP contribution >= 0.6 is 0 Å². The fourth-order valence-corrected chi connectivity index (χ4v) is 2.75. The first-order chi connectivity index (χ1) is 12.7. The summed E-state index contributed by atoms with van der Waals surface area (Å²) in [6.07, 6.45) is 6.35. The summed E-state index contributed by atoms with van der Waals surface area (Å²) in [6.45, 7) is 2.33. The van der Waals surface area contributed by atoms with Crippen molar-refractivity contribution in [3.63, 3.8) is 0 Å². The molecule has 0 unspecified atom stereocenters. The third kappa shape index (κ3) is 5.14. The molecule has 1 aromatic heterocycles. The van der Waals surface area contributed by atoms with Gasteiger partial charge in [0.15, 0.2) is 12.7 Å². The van der Waals surface area contributed by atoms with Gasteiger partial charge < -0.3 is 21.7 Å². The lowest BCUT2D eigenvalue weighted by molar-refractivity contribution is -0.685. The van der Waals surface area contributed by atoms with E-state index in [-0.39, 0.29) is 29.3 Å². The minimum absolute atomic E-state index is 0. The standard InChI is InChI=1S/C21H22N3O2.BrH/c1-3-21-23(16-20(25)18-9-11-19(26-2)12-10-18)13-14-24(21)22-15-17-7-5-4-6-8-17;/h4-15H,3,16H2,1-2H3;1H/q+1;/p-1/b22-15+;. The van der Waals surface area contributed by atoms with E-state index in [0.717, 1.165) is 23.6 Å². The van der Waals surface area contributed by atoms with E-state index in [0.29, 0.717) is 5.56 Å². The maximum atomic E-state index is 12.6.